The van der Waals surface area contributed by atoms with Crippen LogP contribution in [0.3, 0.4) is 0 Å². The fourth-order valence-corrected chi connectivity index (χ4v) is 3.47. The second-order valence-electron chi connectivity index (χ2n) is 3.48. The van der Waals surface area contributed by atoms with E-state index in [1.807, 2.05) is 0 Å². The Labute approximate surface area is 86.0 Å². The van der Waals surface area contributed by atoms with Crippen LogP contribution in [0.15, 0.2) is 0 Å². The third kappa shape index (κ3) is 2.86. The molecular formula is C8H17NO2S2. The van der Waals surface area contributed by atoms with Gasteiger partial charge in [-0.25, -0.2) is 12.7 Å². The van der Waals surface area contributed by atoms with Gasteiger partial charge in [-0.15, -0.1) is 0 Å². The standard InChI is InChI=1S/C8H17NO2S2/c1-2-8(7-12)6-9-4-3-5-13(9,10)11/h8,12H,2-7H2,1H3. The van der Waals surface area contributed by atoms with E-state index in [0.717, 1.165) is 18.6 Å². The zero-order valence-corrected chi connectivity index (χ0v) is 9.65. The van der Waals surface area contributed by atoms with Gasteiger partial charge in [-0.2, -0.15) is 12.6 Å². The van der Waals surface area contributed by atoms with Crippen LogP contribution in [0.1, 0.15) is 19.8 Å². The first kappa shape index (κ1) is 11.3. The van der Waals surface area contributed by atoms with Gasteiger partial charge in [-0.05, 0) is 18.1 Å². The van der Waals surface area contributed by atoms with Gasteiger partial charge in [0.25, 0.3) is 0 Å². The van der Waals surface area contributed by atoms with E-state index in [2.05, 4.69) is 19.6 Å². The molecule has 0 amide bonds. The number of thiol groups is 1. The summed E-state index contributed by atoms with van der Waals surface area (Å²) in [6, 6.07) is 0. The Morgan fingerprint density at radius 3 is 2.62 bits per heavy atom. The number of nitrogens with zero attached hydrogens (tertiary/aromatic N) is 1. The first-order valence-electron chi connectivity index (χ1n) is 4.69. The average Bonchev–Trinajstić information content (AvgIpc) is 2.41. The first-order chi connectivity index (χ1) is 6.10. The number of sulfonamides is 1. The quantitative estimate of drug-likeness (QED) is 0.721. The minimum absolute atomic E-state index is 0.329. The van der Waals surface area contributed by atoms with Crippen molar-refractivity contribution < 1.29 is 8.42 Å². The molecule has 1 aliphatic heterocycles. The molecule has 1 aliphatic rings. The highest BCUT2D eigenvalue weighted by Gasteiger charge is 2.29. The third-order valence-electron chi connectivity index (χ3n) is 2.50. The molecular weight excluding hydrogens is 206 g/mol. The number of hydrogen-bond donors (Lipinski definition) is 1. The smallest absolute Gasteiger partial charge is 0.212 e. The van der Waals surface area contributed by atoms with Gasteiger partial charge < -0.3 is 0 Å². The van der Waals surface area contributed by atoms with Crippen LogP contribution in [0.25, 0.3) is 0 Å². The van der Waals surface area contributed by atoms with Crippen LogP contribution in [-0.2, 0) is 10.0 Å². The molecule has 0 aromatic carbocycles. The lowest BCUT2D eigenvalue weighted by molar-refractivity contribution is 0.375. The summed E-state index contributed by atoms with van der Waals surface area (Å²) in [5, 5.41) is 0. The van der Waals surface area contributed by atoms with Crippen LogP contribution in [0.2, 0.25) is 0 Å². The summed E-state index contributed by atoms with van der Waals surface area (Å²) in [6.45, 7) is 3.43. The van der Waals surface area contributed by atoms with Crippen LogP contribution < -0.4 is 0 Å². The highest BCUT2D eigenvalue weighted by molar-refractivity contribution is 7.89. The molecule has 0 radical (unpaired) electrons. The van der Waals surface area contributed by atoms with Gasteiger partial charge in [0.2, 0.25) is 10.0 Å². The van der Waals surface area contributed by atoms with E-state index in [1.54, 1.807) is 4.31 Å². The Morgan fingerprint density at radius 1 is 1.54 bits per heavy atom. The summed E-state index contributed by atoms with van der Waals surface area (Å²) < 4.78 is 24.5. The molecule has 3 nitrogen and oxygen atoms in total. The van der Waals surface area contributed by atoms with Gasteiger partial charge in [-0.3, -0.25) is 0 Å². The molecule has 0 spiro atoms. The minimum Gasteiger partial charge on any atom is -0.212 e. The van der Waals surface area contributed by atoms with Crippen molar-refractivity contribution in [1.29, 1.82) is 0 Å². The topological polar surface area (TPSA) is 37.4 Å². The monoisotopic (exact) mass is 223 g/mol. The highest BCUT2D eigenvalue weighted by atomic mass is 32.2. The van der Waals surface area contributed by atoms with Crippen LogP contribution in [0.5, 0.6) is 0 Å². The molecule has 1 heterocycles. The van der Waals surface area contributed by atoms with E-state index in [-0.39, 0.29) is 0 Å². The summed E-state index contributed by atoms with van der Waals surface area (Å²) in [6.07, 6.45) is 1.78. The molecule has 1 rings (SSSR count). The maximum Gasteiger partial charge on any atom is 0.214 e. The summed E-state index contributed by atoms with van der Waals surface area (Å²) in [5.41, 5.74) is 0. The van der Waals surface area contributed by atoms with Crippen molar-refractivity contribution in [3.8, 4) is 0 Å². The fourth-order valence-electron chi connectivity index (χ4n) is 1.50. The van der Waals surface area contributed by atoms with Crippen molar-refractivity contribution in [3.05, 3.63) is 0 Å². The second-order valence-corrected chi connectivity index (χ2v) is 5.94. The van der Waals surface area contributed by atoms with Crippen molar-refractivity contribution in [1.82, 2.24) is 4.31 Å². The molecule has 1 saturated heterocycles. The van der Waals surface area contributed by atoms with Crippen LogP contribution in [-0.4, -0.2) is 37.3 Å². The van der Waals surface area contributed by atoms with Gasteiger partial charge in [0, 0.05) is 13.1 Å². The third-order valence-corrected chi connectivity index (χ3v) is 4.94. The van der Waals surface area contributed by atoms with Crippen LogP contribution in [0, 0.1) is 5.92 Å². The first-order valence-corrected chi connectivity index (χ1v) is 6.93. The minimum atomic E-state index is -2.90. The molecule has 0 saturated carbocycles. The molecule has 1 atom stereocenters. The predicted molar refractivity (Wildman–Crippen MR) is 57.6 cm³/mol. The normalized spacial score (nSPS) is 24.8. The highest BCUT2D eigenvalue weighted by Crippen LogP contribution is 2.17. The Bertz CT molecular complexity index is 247. The molecule has 78 valence electrons. The predicted octanol–water partition coefficient (Wildman–Crippen LogP) is 0.978. The maximum atomic E-state index is 11.4. The van der Waals surface area contributed by atoms with Gasteiger partial charge in [0.05, 0.1) is 5.75 Å². The summed E-state index contributed by atoms with van der Waals surface area (Å²) in [4.78, 5) is 0. The Hall–Kier alpha value is 0.260. The van der Waals surface area contributed by atoms with E-state index >= 15 is 0 Å². The van der Waals surface area contributed by atoms with Gasteiger partial charge >= 0.3 is 0 Å². The fraction of sp³-hybridized carbons (Fsp3) is 1.00. The van der Waals surface area contributed by atoms with Crippen molar-refractivity contribution in [2.24, 2.45) is 5.92 Å². The van der Waals surface area contributed by atoms with Crippen LogP contribution >= 0.6 is 12.6 Å². The van der Waals surface area contributed by atoms with Gasteiger partial charge in [0.1, 0.15) is 0 Å². The maximum absolute atomic E-state index is 11.4. The largest absolute Gasteiger partial charge is 0.214 e. The van der Waals surface area contributed by atoms with E-state index in [0.29, 0.717) is 24.8 Å². The molecule has 0 bridgehead atoms. The molecule has 13 heavy (non-hydrogen) atoms. The molecule has 0 N–H and O–H groups in total. The summed E-state index contributed by atoms with van der Waals surface area (Å²) in [5.74, 6) is 1.50. The lowest BCUT2D eigenvalue weighted by Crippen LogP contribution is -2.31. The number of rotatable bonds is 4. The van der Waals surface area contributed by atoms with Gasteiger partial charge in [0.15, 0.2) is 0 Å². The van der Waals surface area contributed by atoms with Gasteiger partial charge in [-0.1, -0.05) is 13.3 Å². The zero-order valence-electron chi connectivity index (χ0n) is 7.94. The van der Waals surface area contributed by atoms with E-state index in [1.165, 1.54) is 0 Å². The van der Waals surface area contributed by atoms with Crippen molar-refractivity contribution in [2.75, 3.05) is 24.6 Å². The summed E-state index contributed by atoms with van der Waals surface area (Å²) >= 11 is 4.20. The van der Waals surface area contributed by atoms with Crippen molar-refractivity contribution in [3.63, 3.8) is 0 Å². The van der Waals surface area contributed by atoms with Crippen LogP contribution in [0.4, 0.5) is 0 Å². The Balaban J connectivity index is 2.53. The van der Waals surface area contributed by atoms with E-state index in [9.17, 15) is 8.42 Å². The average molecular weight is 223 g/mol. The zero-order chi connectivity index (χ0) is 9.90. The van der Waals surface area contributed by atoms with E-state index < -0.39 is 10.0 Å². The van der Waals surface area contributed by atoms with E-state index in [4.69, 9.17) is 0 Å². The molecule has 0 aromatic heterocycles. The molecule has 0 aromatic rings. The SMILES string of the molecule is CCC(CS)CN1CCCS1(=O)=O. The number of hydrogen-bond acceptors (Lipinski definition) is 3. The molecule has 1 unspecified atom stereocenters. The second kappa shape index (κ2) is 4.66. The van der Waals surface area contributed by atoms with Crippen molar-refractivity contribution >= 4 is 22.7 Å². The molecule has 1 fully saturated rings. The Morgan fingerprint density at radius 2 is 2.23 bits per heavy atom. The Kier molecular flexibility index (Phi) is 4.06. The summed E-state index contributed by atoms with van der Waals surface area (Å²) in [7, 11) is -2.90. The molecule has 5 heteroatoms. The lowest BCUT2D eigenvalue weighted by atomic mass is 10.1. The molecule has 0 aliphatic carbocycles. The lowest BCUT2D eigenvalue weighted by Gasteiger charge is -2.19. The van der Waals surface area contributed by atoms with Crippen molar-refractivity contribution in [2.45, 2.75) is 19.8 Å².